The maximum absolute atomic E-state index is 11.4. The minimum Gasteiger partial charge on any atom is -0.475 e. The first-order valence-electron chi connectivity index (χ1n) is 11.3. The molecule has 2 aromatic rings. The van der Waals surface area contributed by atoms with Crippen LogP contribution in [0.25, 0.3) is 0 Å². The lowest BCUT2D eigenvalue weighted by Gasteiger charge is -2.01. The second kappa shape index (κ2) is 20.8. The summed E-state index contributed by atoms with van der Waals surface area (Å²) in [5, 5.41) is 16.6. The third-order valence-corrected chi connectivity index (χ3v) is 4.03. The summed E-state index contributed by atoms with van der Waals surface area (Å²) in [5.41, 5.74) is 0.682. The van der Waals surface area contributed by atoms with Gasteiger partial charge in [0.1, 0.15) is 0 Å². The molecule has 0 fully saturated rings. The Bertz CT molecular complexity index is 794. The van der Waals surface area contributed by atoms with Crippen LogP contribution < -0.4 is 0 Å². The number of unbranched alkanes of at least 4 members (excludes halogenated alkanes) is 3. The molecule has 0 radical (unpaired) electrons. The van der Waals surface area contributed by atoms with Crippen molar-refractivity contribution in [3.63, 3.8) is 0 Å². The molecule has 0 unspecified atom stereocenters. The zero-order valence-corrected chi connectivity index (χ0v) is 20.4. The summed E-state index contributed by atoms with van der Waals surface area (Å²) in [7, 11) is 0. The van der Waals surface area contributed by atoms with Crippen molar-refractivity contribution in [3.8, 4) is 0 Å². The topological polar surface area (TPSA) is 109 Å². The van der Waals surface area contributed by atoms with Crippen LogP contribution in [0.5, 0.6) is 0 Å². The Morgan fingerprint density at radius 2 is 1.15 bits per heavy atom. The van der Waals surface area contributed by atoms with Gasteiger partial charge in [0.2, 0.25) is 11.6 Å². The minimum atomic E-state index is -1.42. The highest BCUT2D eigenvalue weighted by Crippen LogP contribution is 2.05. The summed E-state index contributed by atoms with van der Waals surface area (Å²) >= 11 is 0. The Morgan fingerprint density at radius 3 is 1.48 bits per heavy atom. The van der Waals surface area contributed by atoms with E-state index in [-0.39, 0.29) is 17.3 Å². The van der Waals surface area contributed by atoms with E-state index in [1.807, 2.05) is 19.9 Å². The summed E-state index contributed by atoms with van der Waals surface area (Å²) in [6.45, 7) is 9.98. The van der Waals surface area contributed by atoms with Crippen LogP contribution in [-0.2, 0) is 9.59 Å². The van der Waals surface area contributed by atoms with Crippen LogP contribution in [0.3, 0.4) is 0 Å². The van der Waals surface area contributed by atoms with E-state index < -0.39 is 17.5 Å². The molecule has 0 atom stereocenters. The molecular formula is C27H38O6. The molecule has 0 aromatic heterocycles. The van der Waals surface area contributed by atoms with Crippen LogP contribution in [0.15, 0.2) is 60.7 Å². The Kier molecular flexibility index (Phi) is 20.2. The third-order valence-electron chi connectivity index (χ3n) is 4.03. The summed E-state index contributed by atoms with van der Waals surface area (Å²) in [6.07, 6.45) is 4.68. The van der Waals surface area contributed by atoms with Gasteiger partial charge in [0.15, 0.2) is 0 Å². The number of rotatable bonds is 9. The van der Waals surface area contributed by atoms with Gasteiger partial charge in [-0.2, -0.15) is 0 Å². The van der Waals surface area contributed by atoms with Gasteiger partial charge >= 0.3 is 5.97 Å². The van der Waals surface area contributed by atoms with Crippen molar-refractivity contribution in [1.82, 2.24) is 0 Å². The molecule has 0 saturated carbocycles. The fraction of sp³-hybridized carbons (Fsp3) is 0.407. The summed E-state index contributed by atoms with van der Waals surface area (Å²) in [5.74, 6) is -3.24. The molecule has 2 aromatic carbocycles. The largest absolute Gasteiger partial charge is 0.475 e. The average molecular weight is 459 g/mol. The third kappa shape index (κ3) is 15.3. The Labute approximate surface area is 197 Å². The van der Waals surface area contributed by atoms with Gasteiger partial charge < -0.3 is 10.2 Å². The van der Waals surface area contributed by atoms with Crippen molar-refractivity contribution in [2.45, 2.75) is 60.3 Å². The van der Waals surface area contributed by atoms with E-state index in [4.69, 9.17) is 10.2 Å². The Hall–Kier alpha value is -3.12. The molecule has 6 nitrogen and oxygen atoms in total. The van der Waals surface area contributed by atoms with Crippen LogP contribution in [0.2, 0.25) is 0 Å². The molecule has 33 heavy (non-hydrogen) atoms. The van der Waals surface area contributed by atoms with Gasteiger partial charge in [-0.1, -0.05) is 115 Å². The predicted molar refractivity (Wildman–Crippen MR) is 132 cm³/mol. The zero-order valence-electron chi connectivity index (χ0n) is 20.4. The van der Waals surface area contributed by atoms with Crippen LogP contribution in [0.4, 0.5) is 0 Å². The minimum absolute atomic E-state index is 0.208. The molecule has 0 amide bonds. The smallest absolute Gasteiger partial charge is 0.377 e. The fourth-order valence-corrected chi connectivity index (χ4v) is 2.25. The molecule has 6 heteroatoms. The van der Waals surface area contributed by atoms with Crippen LogP contribution in [0, 0.1) is 5.92 Å². The highest BCUT2D eigenvalue weighted by Gasteiger charge is 2.18. The predicted octanol–water partition coefficient (Wildman–Crippen LogP) is 5.63. The van der Waals surface area contributed by atoms with Gasteiger partial charge in [0, 0.05) is 23.7 Å². The van der Waals surface area contributed by atoms with Gasteiger partial charge in [-0.25, -0.2) is 4.79 Å². The van der Waals surface area contributed by atoms with E-state index in [0.717, 1.165) is 6.42 Å². The number of carboxylic acid groups (broad SMARTS) is 1. The van der Waals surface area contributed by atoms with Crippen molar-refractivity contribution < 1.29 is 29.4 Å². The van der Waals surface area contributed by atoms with E-state index in [9.17, 15) is 19.2 Å². The number of carboxylic acids is 1. The molecular weight excluding hydrogens is 420 g/mol. The second-order valence-electron chi connectivity index (χ2n) is 7.00. The van der Waals surface area contributed by atoms with Crippen molar-refractivity contribution >= 4 is 23.3 Å². The number of aliphatic hydroxyl groups is 1. The molecule has 2 rings (SSSR count). The second-order valence-corrected chi connectivity index (χ2v) is 7.00. The Morgan fingerprint density at radius 1 is 0.727 bits per heavy atom. The van der Waals surface area contributed by atoms with Gasteiger partial charge in [-0.3, -0.25) is 14.4 Å². The molecule has 2 N–H and O–H groups in total. The van der Waals surface area contributed by atoms with Crippen LogP contribution in [0.1, 0.15) is 81.0 Å². The zero-order chi connectivity index (χ0) is 25.6. The van der Waals surface area contributed by atoms with Crippen LogP contribution in [-0.4, -0.2) is 40.1 Å². The van der Waals surface area contributed by atoms with Gasteiger partial charge in [-0.15, -0.1) is 0 Å². The first kappa shape index (κ1) is 32.1. The normalized spacial score (nSPS) is 9.18. The summed E-state index contributed by atoms with van der Waals surface area (Å²) < 4.78 is 0. The van der Waals surface area contributed by atoms with Crippen molar-refractivity contribution in [3.05, 3.63) is 71.8 Å². The average Bonchev–Trinajstić information content (AvgIpc) is 2.86. The highest BCUT2D eigenvalue weighted by atomic mass is 16.4. The lowest BCUT2D eigenvalue weighted by Crippen LogP contribution is -2.19. The van der Waals surface area contributed by atoms with Crippen LogP contribution >= 0.6 is 0 Å². The Balaban J connectivity index is 0. The lowest BCUT2D eigenvalue weighted by molar-refractivity contribution is -0.131. The number of carbonyl (C=O) groups is 4. The van der Waals surface area contributed by atoms with E-state index in [1.54, 1.807) is 56.3 Å². The summed E-state index contributed by atoms with van der Waals surface area (Å²) in [6, 6.07) is 16.5. The van der Waals surface area contributed by atoms with Crippen molar-refractivity contribution in [2.24, 2.45) is 5.92 Å². The van der Waals surface area contributed by atoms with E-state index >= 15 is 0 Å². The molecule has 0 heterocycles. The molecule has 0 spiro atoms. The van der Waals surface area contributed by atoms with Gasteiger partial charge in [0.25, 0.3) is 5.78 Å². The number of benzene rings is 2. The number of Topliss-reactive ketones (excluding diaryl/α,β-unsaturated/α-hetero) is 3. The maximum Gasteiger partial charge on any atom is 0.377 e. The van der Waals surface area contributed by atoms with Gasteiger partial charge in [-0.05, 0) is 6.42 Å². The number of aliphatic carboxylic acids is 1. The lowest BCUT2D eigenvalue weighted by atomic mass is 10.00. The number of hydrogen-bond donors (Lipinski definition) is 2. The fourth-order valence-electron chi connectivity index (χ4n) is 2.25. The van der Waals surface area contributed by atoms with Crippen molar-refractivity contribution in [2.75, 3.05) is 6.61 Å². The molecule has 0 aliphatic heterocycles. The molecule has 0 bridgehead atoms. The van der Waals surface area contributed by atoms with Gasteiger partial charge in [0.05, 0.1) is 0 Å². The molecule has 182 valence electrons. The standard InChI is InChI=1S/C11H12O2.C8H6O3.C6H14O.C2H6/c1-8(2)10(12)11(13)9-6-4-3-5-7-9;9-7(8(10)11)6-4-2-1-3-5-6;1-2-3-4-5-6-7;1-2/h3-8H,1-2H3;1-5H,(H,10,11);7H,2-6H2,1H3;1-2H3. The first-order valence-corrected chi connectivity index (χ1v) is 11.3. The maximum atomic E-state index is 11.4. The highest BCUT2D eigenvalue weighted by molar-refractivity contribution is 6.44. The SMILES string of the molecule is CC.CC(C)C(=O)C(=O)c1ccccc1.CCCCCCO.O=C(O)C(=O)c1ccccc1. The number of carbonyl (C=O) groups excluding carboxylic acids is 3. The van der Waals surface area contributed by atoms with E-state index in [2.05, 4.69) is 6.92 Å². The summed E-state index contributed by atoms with van der Waals surface area (Å²) in [4.78, 5) is 43.6. The van der Waals surface area contributed by atoms with E-state index in [1.165, 1.54) is 31.4 Å². The quantitative estimate of drug-likeness (QED) is 0.286. The molecule has 0 saturated heterocycles. The number of aliphatic hydroxyl groups excluding tert-OH is 1. The van der Waals surface area contributed by atoms with Crippen molar-refractivity contribution in [1.29, 1.82) is 0 Å². The monoisotopic (exact) mass is 458 g/mol. The molecule has 0 aliphatic rings. The number of ketones is 3. The first-order chi connectivity index (χ1) is 15.8. The van der Waals surface area contributed by atoms with E-state index in [0.29, 0.717) is 12.2 Å². The molecule has 0 aliphatic carbocycles. The number of hydrogen-bond acceptors (Lipinski definition) is 5.